The van der Waals surface area contributed by atoms with Crippen molar-refractivity contribution in [1.82, 2.24) is 0 Å². The molecule has 0 spiro atoms. The number of guanidine groups is 1. The molecule has 4 nitrogen and oxygen atoms in total. The van der Waals surface area contributed by atoms with Crippen molar-refractivity contribution >= 4 is 5.96 Å². The Kier molecular flexibility index (Phi) is 8.90. The molecule has 0 fully saturated rings. The standard InChI is InChI=1S/C4H10O.CH5N3/c1-4(2)3-5;2-1(3)4/h4-5H,3H2,1-2H3;(H5,2,3,4). The lowest BCUT2D eigenvalue weighted by Crippen LogP contribution is -2.20. The summed E-state index contributed by atoms with van der Waals surface area (Å²) >= 11 is 0. The predicted molar refractivity (Wildman–Crippen MR) is 38.0 cm³/mol. The van der Waals surface area contributed by atoms with E-state index in [1.807, 2.05) is 13.8 Å². The average Bonchev–Trinajstić information content (AvgIpc) is 1.65. The van der Waals surface area contributed by atoms with Crippen molar-refractivity contribution in [2.75, 3.05) is 6.61 Å². The van der Waals surface area contributed by atoms with Crippen LogP contribution in [-0.4, -0.2) is 17.7 Å². The second kappa shape index (κ2) is 7.23. The van der Waals surface area contributed by atoms with Gasteiger partial charge in [0.15, 0.2) is 5.96 Å². The Hall–Kier alpha value is -0.770. The van der Waals surface area contributed by atoms with Crippen molar-refractivity contribution in [1.29, 1.82) is 5.41 Å². The van der Waals surface area contributed by atoms with E-state index in [0.29, 0.717) is 12.5 Å². The van der Waals surface area contributed by atoms with E-state index in [-0.39, 0.29) is 5.96 Å². The highest BCUT2D eigenvalue weighted by molar-refractivity contribution is 5.71. The molecule has 0 heterocycles. The molecule has 0 radical (unpaired) electrons. The molecule has 6 N–H and O–H groups in total. The van der Waals surface area contributed by atoms with Crippen LogP contribution in [0.4, 0.5) is 0 Å². The Labute approximate surface area is 55.4 Å². The summed E-state index contributed by atoms with van der Waals surface area (Å²) in [6.07, 6.45) is 0. The highest BCUT2D eigenvalue weighted by atomic mass is 16.3. The van der Waals surface area contributed by atoms with Crippen LogP contribution in [0.2, 0.25) is 0 Å². The Morgan fingerprint density at radius 2 is 1.67 bits per heavy atom. The minimum absolute atomic E-state index is 0.306. The first-order chi connectivity index (χ1) is 4.00. The smallest absolute Gasteiger partial charge is 0.183 e. The van der Waals surface area contributed by atoms with Gasteiger partial charge in [-0.15, -0.1) is 0 Å². The first kappa shape index (κ1) is 11.1. The maximum absolute atomic E-state index is 8.14. The molecule has 0 aliphatic heterocycles. The minimum Gasteiger partial charge on any atom is -0.396 e. The second-order valence-electron chi connectivity index (χ2n) is 2.03. The van der Waals surface area contributed by atoms with E-state index in [9.17, 15) is 0 Å². The molecular formula is C5H15N3O. The van der Waals surface area contributed by atoms with Crippen molar-refractivity contribution in [3.63, 3.8) is 0 Å². The quantitative estimate of drug-likeness (QED) is 0.286. The number of aliphatic hydroxyl groups excluding tert-OH is 1. The van der Waals surface area contributed by atoms with Crippen molar-refractivity contribution in [2.45, 2.75) is 13.8 Å². The zero-order chi connectivity index (χ0) is 7.86. The minimum atomic E-state index is -0.333. The van der Waals surface area contributed by atoms with Crippen LogP contribution >= 0.6 is 0 Å². The van der Waals surface area contributed by atoms with E-state index in [2.05, 4.69) is 11.5 Å². The van der Waals surface area contributed by atoms with Crippen LogP contribution in [0.3, 0.4) is 0 Å². The van der Waals surface area contributed by atoms with Gasteiger partial charge in [-0.3, -0.25) is 5.41 Å². The largest absolute Gasteiger partial charge is 0.396 e. The first-order valence-corrected chi connectivity index (χ1v) is 2.71. The van der Waals surface area contributed by atoms with Crippen LogP contribution < -0.4 is 11.5 Å². The number of nitrogens with one attached hydrogen (secondary N) is 1. The summed E-state index contributed by atoms with van der Waals surface area (Å²) in [7, 11) is 0. The number of aliphatic hydroxyl groups is 1. The van der Waals surface area contributed by atoms with Gasteiger partial charge < -0.3 is 16.6 Å². The van der Waals surface area contributed by atoms with Crippen LogP contribution in [0, 0.1) is 11.3 Å². The molecule has 4 heteroatoms. The van der Waals surface area contributed by atoms with Crippen LogP contribution in [0.1, 0.15) is 13.8 Å². The van der Waals surface area contributed by atoms with Gasteiger partial charge in [-0.25, -0.2) is 0 Å². The second-order valence-corrected chi connectivity index (χ2v) is 2.03. The molecule has 0 rings (SSSR count). The topological polar surface area (TPSA) is 96.1 Å². The fraction of sp³-hybridized carbons (Fsp3) is 0.800. The van der Waals surface area contributed by atoms with Crippen LogP contribution in [0.5, 0.6) is 0 Å². The normalized spacial score (nSPS) is 8.00. The fourth-order valence-electron chi connectivity index (χ4n) is 0. The van der Waals surface area contributed by atoms with Gasteiger partial charge in [-0.05, 0) is 5.92 Å². The molecule has 0 atom stereocenters. The molecular weight excluding hydrogens is 118 g/mol. The van der Waals surface area contributed by atoms with Crippen molar-refractivity contribution < 1.29 is 5.11 Å². The maximum atomic E-state index is 8.14. The summed E-state index contributed by atoms with van der Waals surface area (Å²) in [5.41, 5.74) is 8.94. The number of nitrogens with two attached hydrogens (primary N) is 2. The lowest BCUT2D eigenvalue weighted by atomic mass is 10.2. The van der Waals surface area contributed by atoms with Gasteiger partial charge in [0.05, 0.1) is 0 Å². The van der Waals surface area contributed by atoms with Crippen molar-refractivity contribution in [3.8, 4) is 0 Å². The summed E-state index contributed by atoms with van der Waals surface area (Å²) in [5.74, 6) is 0.106. The van der Waals surface area contributed by atoms with E-state index < -0.39 is 0 Å². The van der Waals surface area contributed by atoms with Crippen LogP contribution in [0.15, 0.2) is 0 Å². The van der Waals surface area contributed by atoms with E-state index in [1.54, 1.807) is 0 Å². The van der Waals surface area contributed by atoms with Gasteiger partial charge >= 0.3 is 0 Å². The Morgan fingerprint density at radius 1 is 1.56 bits per heavy atom. The van der Waals surface area contributed by atoms with E-state index in [4.69, 9.17) is 10.5 Å². The van der Waals surface area contributed by atoms with Gasteiger partial charge in [0, 0.05) is 6.61 Å². The molecule has 0 aromatic rings. The zero-order valence-corrected chi connectivity index (χ0v) is 5.89. The highest BCUT2D eigenvalue weighted by Gasteiger charge is 1.81. The summed E-state index contributed by atoms with van der Waals surface area (Å²) < 4.78 is 0. The third kappa shape index (κ3) is 131. The third-order valence-corrected chi connectivity index (χ3v) is 0.365. The van der Waals surface area contributed by atoms with Gasteiger partial charge in [0.1, 0.15) is 0 Å². The first-order valence-electron chi connectivity index (χ1n) is 2.71. The molecule has 0 unspecified atom stereocenters. The van der Waals surface area contributed by atoms with Gasteiger partial charge in [0.2, 0.25) is 0 Å². The molecule has 0 amide bonds. The summed E-state index contributed by atoms with van der Waals surface area (Å²) in [6.45, 7) is 4.25. The lowest BCUT2D eigenvalue weighted by Gasteiger charge is -1.90. The predicted octanol–water partition coefficient (Wildman–Crippen LogP) is -0.527. The van der Waals surface area contributed by atoms with E-state index in [0.717, 1.165) is 0 Å². The van der Waals surface area contributed by atoms with E-state index >= 15 is 0 Å². The molecule has 9 heavy (non-hydrogen) atoms. The van der Waals surface area contributed by atoms with E-state index in [1.165, 1.54) is 0 Å². The summed E-state index contributed by atoms with van der Waals surface area (Å²) in [5, 5.41) is 14.2. The molecule has 56 valence electrons. The number of hydrogen-bond acceptors (Lipinski definition) is 2. The molecule has 0 saturated heterocycles. The van der Waals surface area contributed by atoms with Gasteiger partial charge in [-0.1, -0.05) is 13.8 Å². The maximum Gasteiger partial charge on any atom is 0.183 e. The molecule has 0 aromatic carbocycles. The Morgan fingerprint density at radius 3 is 1.67 bits per heavy atom. The SMILES string of the molecule is CC(C)CO.N=C(N)N. The highest BCUT2D eigenvalue weighted by Crippen LogP contribution is 1.83. The summed E-state index contributed by atoms with van der Waals surface area (Å²) in [6, 6.07) is 0. The lowest BCUT2D eigenvalue weighted by molar-refractivity contribution is 0.248. The number of hydrogen-bond donors (Lipinski definition) is 4. The molecule has 0 saturated carbocycles. The van der Waals surface area contributed by atoms with Crippen LogP contribution in [-0.2, 0) is 0 Å². The summed E-state index contributed by atoms with van der Waals surface area (Å²) in [4.78, 5) is 0. The Balaban J connectivity index is 0. The number of rotatable bonds is 1. The molecule has 0 aliphatic rings. The van der Waals surface area contributed by atoms with Gasteiger partial charge in [0.25, 0.3) is 0 Å². The molecule has 0 aliphatic carbocycles. The zero-order valence-electron chi connectivity index (χ0n) is 5.89. The monoisotopic (exact) mass is 133 g/mol. The van der Waals surface area contributed by atoms with Crippen LogP contribution in [0.25, 0.3) is 0 Å². The molecule has 0 bridgehead atoms. The van der Waals surface area contributed by atoms with Crippen molar-refractivity contribution in [2.24, 2.45) is 17.4 Å². The molecule has 0 aromatic heterocycles. The average molecular weight is 133 g/mol. The third-order valence-electron chi connectivity index (χ3n) is 0.365. The fourth-order valence-corrected chi connectivity index (χ4v) is 0. The van der Waals surface area contributed by atoms with Crippen molar-refractivity contribution in [3.05, 3.63) is 0 Å². The Bertz CT molecular complexity index is 68.6. The van der Waals surface area contributed by atoms with Gasteiger partial charge in [-0.2, -0.15) is 0 Å².